The van der Waals surface area contributed by atoms with Crippen LogP contribution in [-0.4, -0.2) is 49.0 Å². The van der Waals surface area contributed by atoms with Crippen LogP contribution in [0.5, 0.6) is 0 Å². The number of nitrogens with two attached hydrogens (primary N) is 1. The number of benzene rings is 2. The van der Waals surface area contributed by atoms with E-state index in [0.717, 1.165) is 32.6 Å². The number of rotatable bonds is 10. The Bertz CT molecular complexity index is 1130. The van der Waals surface area contributed by atoms with E-state index in [1.54, 1.807) is 0 Å². The van der Waals surface area contributed by atoms with E-state index in [1.807, 2.05) is 88.4 Å². The predicted octanol–water partition coefficient (Wildman–Crippen LogP) is 4.91. The van der Waals surface area contributed by atoms with E-state index in [-0.39, 0.29) is 29.5 Å². The van der Waals surface area contributed by atoms with Gasteiger partial charge >= 0.3 is 202 Å². The van der Waals surface area contributed by atoms with Crippen molar-refractivity contribution in [2.75, 3.05) is 5.32 Å². The fraction of sp³-hybridized carbons (Fsp3) is 0.231. The standard InChI is InChI=1S/C24H26N6Se2.C2H6/c1-3-10-19(4-2)28-24-30-29-22(32-24)16-18-12-9-8-11-17(18)15-21(25)31-23(26)27-20-13-6-5-7-14-20;1-2/h3-14,25H,15-16H2,1-2H3,(H2,26,27)(H,28,30);1-2H3/b10-3-,19-4+,25-21?;. The number of aromatic nitrogens is 2. The average Bonchev–Trinajstić information content (AvgIpc) is 3.28. The van der Waals surface area contributed by atoms with Gasteiger partial charge in [0.25, 0.3) is 0 Å². The Kier molecular flexibility index (Phi) is 12.3. The first kappa shape index (κ1) is 27.5. The molecule has 0 saturated carbocycles. The fourth-order valence-corrected chi connectivity index (χ4v) is 5.91. The van der Waals surface area contributed by atoms with Crippen molar-refractivity contribution >= 4 is 49.2 Å². The van der Waals surface area contributed by atoms with Crippen LogP contribution < -0.4 is 11.1 Å². The molecule has 8 heteroatoms. The van der Waals surface area contributed by atoms with Gasteiger partial charge in [-0.3, -0.25) is 0 Å². The summed E-state index contributed by atoms with van der Waals surface area (Å²) in [6.07, 6.45) is 7.35. The summed E-state index contributed by atoms with van der Waals surface area (Å²) in [5, 5.41) is 20.6. The molecule has 3 rings (SSSR count). The zero-order valence-corrected chi connectivity index (χ0v) is 23.5. The minimum Gasteiger partial charge on any atom is -0.0683 e. The van der Waals surface area contributed by atoms with E-state index >= 15 is 0 Å². The van der Waals surface area contributed by atoms with Gasteiger partial charge in [-0.2, -0.15) is 0 Å². The van der Waals surface area contributed by atoms with Crippen LogP contribution in [0.3, 0.4) is 0 Å². The minimum absolute atomic E-state index is 0.0627. The number of nitrogens with zero attached hydrogens (tertiary/aromatic N) is 3. The van der Waals surface area contributed by atoms with E-state index in [9.17, 15) is 0 Å². The average molecular weight is 587 g/mol. The molecule has 0 unspecified atom stereocenters. The third-order valence-electron chi connectivity index (χ3n) is 4.41. The van der Waals surface area contributed by atoms with Crippen LogP contribution in [0.15, 0.2) is 83.5 Å². The number of hydrogen-bond donors (Lipinski definition) is 3. The number of aliphatic imine (C=N–C) groups is 1. The van der Waals surface area contributed by atoms with Crippen molar-refractivity contribution in [3.63, 3.8) is 0 Å². The van der Waals surface area contributed by atoms with Gasteiger partial charge in [0, 0.05) is 0 Å². The van der Waals surface area contributed by atoms with Gasteiger partial charge in [-0.05, 0) is 0 Å². The molecule has 0 radical (unpaired) electrons. The molecule has 0 fully saturated rings. The molecule has 34 heavy (non-hydrogen) atoms. The Morgan fingerprint density at radius 2 is 1.74 bits per heavy atom. The molecule has 0 aliphatic carbocycles. The smallest absolute Gasteiger partial charge is 0.0683 e. The third-order valence-corrected chi connectivity index (χ3v) is 7.62. The van der Waals surface area contributed by atoms with Crippen molar-refractivity contribution in [2.45, 2.75) is 40.5 Å². The zero-order chi connectivity index (χ0) is 24.8. The molecule has 1 aromatic heterocycles. The second-order valence-corrected chi connectivity index (χ2v) is 11.4. The summed E-state index contributed by atoms with van der Waals surface area (Å²) in [4.78, 5) is 4.43. The van der Waals surface area contributed by atoms with Crippen LogP contribution in [0.4, 0.5) is 10.4 Å². The Morgan fingerprint density at radius 3 is 2.41 bits per heavy atom. The van der Waals surface area contributed by atoms with E-state index in [0.29, 0.717) is 15.8 Å². The van der Waals surface area contributed by atoms with Crippen LogP contribution in [-0.2, 0) is 12.8 Å². The number of para-hydroxylation sites is 1. The van der Waals surface area contributed by atoms with Crippen molar-refractivity contribution in [3.05, 3.63) is 94.2 Å². The molecule has 0 atom stereocenters. The van der Waals surface area contributed by atoms with Crippen LogP contribution >= 0.6 is 0 Å². The quantitative estimate of drug-likeness (QED) is 0.136. The van der Waals surface area contributed by atoms with E-state index < -0.39 is 0 Å². The van der Waals surface area contributed by atoms with Gasteiger partial charge in [0.05, 0.1) is 0 Å². The summed E-state index contributed by atoms with van der Waals surface area (Å²) in [7, 11) is 0. The number of allylic oxidation sites excluding steroid dienone is 3. The van der Waals surface area contributed by atoms with Crippen LogP contribution in [0.1, 0.15) is 43.4 Å². The van der Waals surface area contributed by atoms with Gasteiger partial charge in [0.15, 0.2) is 0 Å². The Morgan fingerprint density at radius 1 is 1.06 bits per heavy atom. The summed E-state index contributed by atoms with van der Waals surface area (Å²) in [6, 6.07) is 17.9. The number of amidine groups is 1. The van der Waals surface area contributed by atoms with Gasteiger partial charge in [-0.1, -0.05) is 13.8 Å². The third kappa shape index (κ3) is 9.24. The maximum Gasteiger partial charge on any atom is -0.0683 e. The Balaban J connectivity index is 0.00000199. The maximum atomic E-state index is 8.47. The molecule has 0 aliphatic heterocycles. The zero-order valence-electron chi connectivity index (χ0n) is 20.1. The largest absolute Gasteiger partial charge is 0.0683 e. The Hall–Kier alpha value is -2.76. The summed E-state index contributed by atoms with van der Waals surface area (Å²) < 4.78 is 3.10. The fourth-order valence-electron chi connectivity index (χ4n) is 2.94. The molecular weight excluding hydrogens is 554 g/mol. The molecule has 3 aromatic rings. The first-order valence-corrected chi connectivity index (χ1v) is 14.6. The minimum atomic E-state index is -0.284. The van der Waals surface area contributed by atoms with Crippen molar-refractivity contribution in [2.24, 2.45) is 10.7 Å². The normalized spacial score (nSPS) is 11.8. The topological polar surface area (TPSA) is 100 Å². The van der Waals surface area contributed by atoms with E-state index in [2.05, 4.69) is 32.6 Å². The van der Waals surface area contributed by atoms with E-state index in [4.69, 9.17) is 11.1 Å². The second-order valence-electron chi connectivity index (χ2n) is 6.80. The molecule has 4 N–H and O–H groups in total. The van der Waals surface area contributed by atoms with Gasteiger partial charge in [0.1, 0.15) is 0 Å². The molecule has 0 aliphatic rings. The molecule has 6 nitrogen and oxygen atoms in total. The molecule has 0 saturated heterocycles. The molecule has 178 valence electrons. The summed E-state index contributed by atoms with van der Waals surface area (Å²) in [6.45, 7) is 7.99. The molecule has 2 aromatic carbocycles. The SMILES string of the molecule is C/C=C\C(=C/C)Nc1nnc(Cc2ccccc2CC(=N)[Se]C(N)=Nc2ccccc2)[se]1.CC. The van der Waals surface area contributed by atoms with Crippen molar-refractivity contribution in [3.8, 4) is 0 Å². The molecular formula is C26H32N6Se2. The number of nitrogens with one attached hydrogen (secondary N) is 2. The number of anilines is 1. The molecule has 0 bridgehead atoms. The predicted molar refractivity (Wildman–Crippen MR) is 147 cm³/mol. The first-order chi connectivity index (χ1) is 16.6. The van der Waals surface area contributed by atoms with Crippen LogP contribution in [0.2, 0.25) is 0 Å². The number of hydrogen-bond acceptors (Lipinski definition) is 5. The Labute approximate surface area is 214 Å². The van der Waals surface area contributed by atoms with E-state index in [1.165, 1.54) is 5.56 Å². The summed E-state index contributed by atoms with van der Waals surface area (Å²) in [5.74, 6) is 0. The summed E-state index contributed by atoms with van der Waals surface area (Å²) >= 11 is -0.221. The second kappa shape index (κ2) is 15.2. The van der Waals surface area contributed by atoms with Crippen molar-refractivity contribution in [1.82, 2.24) is 10.2 Å². The summed E-state index contributed by atoms with van der Waals surface area (Å²) in [5.41, 5.74) is 10.3. The molecule has 0 spiro atoms. The van der Waals surface area contributed by atoms with Gasteiger partial charge in [-0.25, -0.2) is 0 Å². The molecule has 1 heterocycles. The van der Waals surface area contributed by atoms with Gasteiger partial charge in [0.2, 0.25) is 0 Å². The van der Waals surface area contributed by atoms with Gasteiger partial charge in [-0.15, -0.1) is 0 Å². The molecule has 0 amide bonds. The maximum absolute atomic E-state index is 8.47. The monoisotopic (exact) mass is 588 g/mol. The van der Waals surface area contributed by atoms with Crippen molar-refractivity contribution in [1.29, 1.82) is 5.41 Å². The van der Waals surface area contributed by atoms with Crippen molar-refractivity contribution < 1.29 is 0 Å². The van der Waals surface area contributed by atoms with Gasteiger partial charge < -0.3 is 0 Å². The first-order valence-electron chi connectivity index (χ1n) is 11.2. The van der Waals surface area contributed by atoms with Crippen LogP contribution in [0.25, 0.3) is 0 Å². The van der Waals surface area contributed by atoms with Crippen LogP contribution in [0, 0.1) is 5.41 Å².